The molecule has 296 valence electrons. The summed E-state index contributed by atoms with van der Waals surface area (Å²) >= 11 is 0. The van der Waals surface area contributed by atoms with Gasteiger partial charge < -0.3 is 29.4 Å². The second-order valence-electron chi connectivity index (χ2n) is 15.0. The quantitative estimate of drug-likeness (QED) is 0.211. The molecule has 2 aliphatic rings. The predicted octanol–water partition coefficient (Wildman–Crippen LogP) is 8.61. The molecule has 1 N–H and O–H groups in total. The third kappa shape index (κ3) is 33.9. The Morgan fingerprint density at radius 1 is 0.960 bits per heavy atom. The number of aryl methyl sites for hydroxylation is 1. The number of morpholine rings is 1. The van der Waals surface area contributed by atoms with Crippen molar-refractivity contribution in [2.45, 2.75) is 147 Å². The van der Waals surface area contributed by atoms with Crippen LogP contribution in [-0.4, -0.2) is 98.0 Å². The number of anilines is 1. The van der Waals surface area contributed by atoms with E-state index < -0.39 is 0 Å². The molecule has 2 saturated heterocycles. The van der Waals surface area contributed by atoms with E-state index in [4.69, 9.17) is 14.3 Å². The topological polar surface area (TPSA) is 114 Å². The van der Waals surface area contributed by atoms with Gasteiger partial charge in [-0.25, -0.2) is 9.97 Å². The van der Waals surface area contributed by atoms with Crippen LogP contribution >= 0.6 is 0 Å². The minimum absolute atomic E-state index is 0.00749. The molecule has 2 fully saturated rings. The molecule has 0 saturated carbocycles. The van der Waals surface area contributed by atoms with Crippen molar-refractivity contribution >= 4 is 25.4 Å². The Hall–Kier alpha value is -2.59. The molecule has 10 heteroatoms. The van der Waals surface area contributed by atoms with Crippen molar-refractivity contribution in [3.63, 3.8) is 0 Å². The second kappa shape index (κ2) is 33.5. The fourth-order valence-electron chi connectivity index (χ4n) is 4.04. The highest BCUT2D eigenvalue weighted by atomic mass is 16.5. The highest BCUT2D eigenvalue weighted by Gasteiger charge is 2.20. The van der Waals surface area contributed by atoms with E-state index >= 15 is 0 Å². The maximum absolute atomic E-state index is 10.4. The van der Waals surface area contributed by atoms with Crippen LogP contribution in [0.3, 0.4) is 0 Å². The number of carbonyl (C=O) groups is 3. The number of unbranched alkanes of at least 4 members (excludes halogenated alkanes) is 2. The van der Waals surface area contributed by atoms with Crippen molar-refractivity contribution in [1.82, 2.24) is 19.8 Å². The Morgan fingerprint density at radius 3 is 1.76 bits per heavy atom. The molecule has 10 nitrogen and oxygen atoms in total. The summed E-state index contributed by atoms with van der Waals surface area (Å²) < 4.78 is 9.94. The molecule has 1 aromatic rings. The van der Waals surface area contributed by atoms with E-state index in [0.717, 1.165) is 68.7 Å². The average molecular weight is 712 g/mol. The van der Waals surface area contributed by atoms with Crippen molar-refractivity contribution < 1.29 is 23.9 Å². The van der Waals surface area contributed by atoms with E-state index in [2.05, 4.69) is 84.5 Å². The maximum atomic E-state index is 10.4. The van der Waals surface area contributed by atoms with Crippen LogP contribution in [0.5, 0.6) is 0 Å². The largest absolute Gasteiger partial charge is 0.379 e. The molecular weight excluding hydrogens is 630 g/mol. The molecule has 50 heavy (non-hydrogen) atoms. The molecule has 0 spiro atoms. The van der Waals surface area contributed by atoms with Gasteiger partial charge in [0.25, 0.3) is 0 Å². The first-order valence-electron chi connectivity index (χ1n) is 18.8. The molecule has 0 aromatic carbocycles. The number of methoxy groups -OCH3 is 1. The van der Waals surface area contributed by atoms with E-state index in [-0.39, 0.29) is 11.0 Å². The van der Waals surface area contributed by atoms with Crippen molar-refractivity contribution in [3.8, 4) is 0 Å². The highest BCUT2D eigenvalue weighted by Crippen LogP contribution is 2.21. The highest BCUT2D eigenvalue weighted by molar-refractivity contribution is 5.47. The van der Waals surface area contributed by atoms with Gasteiger partial charge in [-0.05, 0) is 58.3 Å². The number of likely N-dealkylation sites (tertiary alicyclic amines) is 1. The molecule has 0 radical (unpaired) electrons. The number of piperidine rings is 1. The Balaban J connectivity index is -0.000000276. The first kappa shape index (κ1) is 54.2. The number of rotatable bonds is 8. The van der Waals surface area contributed by atoms with Crippen molar-refractivity contribution in [3.05, 3.63) is 17.6 Å². The number of nitrogens with zero attached hydrogens (tertiary/aromatic N) is 4. The zero-order valence-electron chi connectivity index (χ0n) is 35.5. The molecule has 0 bridgehead atoms. The number of carbonyl (C=O) groups excluding carboxylic acids is 3. The third-order valence-electron chi connectivity index (χ3n) is 7.39. The smallest absolute Gasteiger partial charge is 0.209 e. The van der Waals surface area contributed by atoms with Gasteiger partial charge in [0.2, 0.25) is 12.8 Å². The molecule has 3 rings (SSSR count). The van der Waals surface area contributed by atoms with Gasteiger partial charge in [0.05, 0.1) is 18.8 Å². The van der Waals surface area contributed by atoms with E-state index in [1.807, 2.05) is 52.5 Å². The summed E-state index contributed by atoms with van der Waals surface area (Å²) in [4.78, 5) is 41.0. The van der Waals surface area contributed by atoms with Gasteiger partial charge in [-0.3, -0.25) is 9.59 Å². The Bertz CT molecular complexity index is 902. The fourth-order valence-corrected chi connectivity index (χ4v) is 4.04. The number of amides is 2. The van der Waals surface area contributed by atoms with Crippen LogP contribution in [0.25, 0.3) is 0 Å². The number of ether oxygens (including phenoxy) is 2. The summed E-state index contributed by atoms with van der Waals surface area (Å²) in [6.07, 6.45) is 10.0. The van der Waals surface area contributed by atoms with Gasteiger partial charge >= 0.3 is 0 Å². The van der Waals surface area contributed by atoms with E-state index in [9.17, 15) is 9.59 Å². The van der Waals surface area contributed by atoms with E-state index in [1.165, 1.54) is 32.1 Å². The van der Waals surface area contributed by atoms with Crippen LogP contribution in [0.1, 0.15) is 140 Å². The SMILES string of the molecule is C=O.CC.CCC(C)C.CCCCCNc1nc(C(C)(C)C)ncc1C.COC(C)(C)C.C[C@@H]1C[C@H](C)CN(C=O)C1.O=CN1CCOCC1. The molecule has 2 aliphatic heterocycles. The number of nitrogens with one attached hydrogen (secondary N) is 1. The van der Waals surface area contributed by atoms with Crippen LogP contribution in [-0.2, 0) is 29.3 Å². The summed E-state index contributed by atoms with van der Waals surface area (Å²) in [6, 6.07) is 0. The van der Waals surface area contributed by atoms with Crippen LogP contribution in [0.2, 0.25) is 0 Å². The average Bonchev–Trinajstić information content (AvgIpc) is 3.09. The summed E-state index contributed by atoms with van der Waals surface area (Å²) in [5.74, 6) is 4.15. The van der Waals surface area contributed by atoms with Crippen LogP contribution < -0.4 is 5.32 Å². The van der Waals surface area contributed by atoms with Crippen LogP contribution in [0, 0.1) is 24.7 Å². The van der Waals surface area contributed by atoms with Crippen molar-refractivity contribution in [2.24, 2.45) is 17.8 Å². The van der Waals surface area contributed by atoms with Crippen molar-refractivity contribution in [2.75, 3.05) is 58.4 Å². The third-order valence-corrected chi connectivity index (χ3v) is 7.39. The van der Waals surface area contributed by atoms with Crippen LogP contribution in [0.4, 0.5) is 5.82 Å². The number of aromatic nitrogens is 2. The first-order chi connectivity index (χ1) is 23.4. The molecule has 3 heterocycles. The minimum Gasteiger partial charge on any atom is -0.379 e. The first-order valence-corrected chi connectivity index (χ1v) is 18.8. The van der Waals surface area contributed by atoms with E-state index in [0.29, 0.717) is 25.0 Å². The molecule has 2 amide bonds. The summed E-state index contributed by atoms with van der Waals surface area (Å²) in [5, 5.41) is 3.41. The summed E-state index contributed by atoms with van der Waals surface area (Å²) in [6.45, 7) is 39.6. The summed E-state index contributed by atoms with van der Waals surface area (Å²) in [7, 11) is 1.71. The standard InChI is InChI=1S/C14H25N3.C8H15NO.C5H9NO2.C5H12O.C5H12.C2H6.CH2O/c1-6-7-8-9-15-12-11(2)10-16-13(17-12)14(3,4)5;1-7-3-8(2)5-9(4-7)6-10;7-5-6-1-3-8-4-2-6;1-5(2,3)6-4;1-4-5(2)3;2*1-2/h10H,6-9H2,1-5H3,(H,15,16,17);6-8H,3-5H2,1-2H3;5H,1-4H2;1-4H3;5H,4H2,1-3H3;1-2H3;1H2/t;7-,8+;;;;;. The second-order valence-corrected chi connectivity index (χ2v) is 15.0. The van der Waals surface area contributed by atoms with Crippen LogP contribution in [0.15, 0.2) is 6.20 Å². The lowest BCUT2D eigenvalue weighted by Crippen LogP contribution is -2.37. The van der Waals surface area contributed by atoms with Crippen molar-refractivity contribution in [1.29, 1.82) is 0 Å². The monoisotopic (exact) mass is 712 g/mol. The number of hydrogen-bond acceptors (Lipinski definition) is 8. The predicted molar refractivity (Wildman–Crippen MR) is 213 cm³/mol. The fraction of sp³-hybridized carbons (Fsp3) is 0.825. The maximum Gasteiger partial charge on any atom is 0.209 e. The molecular formula is C40H81N5O5. The Kier molecular flexibility index (Phi) is 36.4. The molecule has 1 aromatic heterocycles. The molecule has 2 atom stereocenters. The zero-order chi connectivity index (χ0) is 39.8. The van der Waals surface area contributed by atoms with Gasteiger partial charge in [0, 0.05) is 57.0 Å². The minimum atomic E-state index is 0.00749. The molecule has 0 unspecified atom stereocenters. The van der Waals surface area contributed by atoms with Gasteiger partial charge in [-0.2, -0.15) is 0 Å². The zero-order valence-corrected chi connectivity index (χ0v) is 35.5. The lowest BCUT2D eigenvalue weighted by Gasteiger charge is -2.32. The van der Waals surface area contributed by atoms with Gasteiger partial charge in [0.1, 0.15) is 18.4 Å². The Labute approximate surface area is 309 Å². The van der Waals surface area contributed by atoms with Gasteiger partial charge in [0.15, 0.2) is 0 Å². The molecule has 0 aliphatic carbocycles. The lowest BCUT2D eigenvalue weighted by molar-refractivity contribution is -0.122. The van der Waals surface area contributed by atoms with Gasteiger partial charge in [-0.1, -0.05) is 95.4 Å². The summed E-state index contributed by atoms with van der Waals surface area (Å²) in [5.41, 5.74) is 1.17. The number of hydrogen-bond donors (Lipinski definition) is 1. The van der Waals surface area contributed by atoms with Gasteiger partial charge in [-0.15, -0.1) is 0 Å². The Morgan fingerprint density at radius 2 is 1.42 bits per heavy atom. The normalized spacial score (nSPS) is 16.7. The van der Waals surface area contributed by atoms with E-state index in [1.54, 1.807) is 12.0 Å². The lowest BCUT2D eigenvalue weighted by atomic mass is 9.92.